The van der Waals surface area contributed by atoms with Crippen molar-refractivity contribution < 1.29 is 9.47 Å². The van der Waals surface area contributed by atoms with Gasteiger partial charge in [0.25, 0.3) is 0 Å². The highest BCUT2D eigenvalue weighted by atomic mass is 79.9. The van der Waals surface area contributed by atoms with Crippen molar-refractivity contribution in [3.63, 3.8) is 0 Å². The molecule has 1 aliphatic rings. The highest BCUT2D eigenvalue weighted by Crippen LogP contribution is 2.37. The number of methoxy groups -OCH3 is 1. The minimum absolute atomic E-state index is 0.333. The average molecular weight is 307 g/mol. The second kappa shape index (κ2) is 5.25. The summed E-state index contributed by atoms with van der Waals surface area (Å²) in [6.45, 7) is 1.54. The lowest BCUT2D eigenvalue weighted by Gasteiger charge is -2.16. The van der Waals surface area contributed by atoms with Crippen LogP contribution in [-0.2, 0) is 4.74 Å². The number of hydrogen-bond acceptors (Lipinski definition) is 3. The maximum absolute atomic E-state index is 6.01. The van der Waals surface area contributed by atoms with Crippen LogP contribution < -0.4 is 10.1 Å². The normalized spacial score (nSPS) is 19.8. The molecule has 1 aliphatic heterocycles. The van der Waals surface area contributed by atoms with E-state index in [1.54, 1.807) is 7.11 Å². The van der Waals surface area contributed by atoms with Crippen LogP contribution in [0.4, 0.5) is 5.69 Å². The first-order chi connectivity index (χ1) is 7.70. The van der Waals surface area contributed by atoms with Crippen LogP contribution in [0.25, 0.3) is 0 Å². The summed E-state index contributed by atoms with van der Waals surface area (Å²) in [5.41, 5.74) is 0.900. The van der Waals surface area contributed by atoms with Crippen LogP contribution in [0.1, 0.15) is 6.42 Å². The molecule has 1 unspecified atom stereocenters. The van der Waals surface area contributed by atoms with Crippen molar-refractivity contribution in [1.29, 1.82) is 0 Å². The summed E-state index contributed by atoms with van der Waals surface area (Å²) in [7, 11) is 1.64. The standard InChI is InChI=1S/C11H13BrClNO2/c1-15-11-9(12)4-7(13)5-10(11)14-8-2-3-16-6-8/h4-5,8,14H,2-3,6H2,1H3. The summed E-state index contributed by atoms with van der Waals surface area (Å²) in [5, 5.41) is 4.05. The Morgan fingerprint density at radius 1 is 1.56 bits per heavy atom. The van der Waals surface area contributed by atoms with Gasteiger partial charge in [-0.15, -0.1) is 0 Å². The Hall–Kier alpha value is -0.450. The van der Waals surface area contributed by atoms with Gasteiger partial charge >= 0.3 is 0 Å². The number of anilines is 1. The van der Waals surface area contributed by atoms with E-state index in [1.165, 1.54) is 0 Å². The van der Waals surface area contributed by atoms with Crippen molar-refractivity contribution >= 4 is 33.2 Å². The molecule has 1 N–H and O–H groups in total. The van der Waals surface area contributed by atoms with Gasteiger partial charge < -0.3 is 14.8 Å². The SMILES string of the molecule is COc1c(Br)cc(Cl)cc1NC1CCOC1. The van der Waals surface area contributed by atoms with Gasteiger partial charge in [0.2, 0.25) is 0 Å². The second-order valence-electron chi connectivity index (χ2n) is 3.67. The largest absolute Gasteiger partial charge is 0.493 e. The molecule has 3 nitrogen and oxygen atoms in total. The monoisotopic (exact) mass is 305 g/mol. The van der Waals surface area contributed by atoms with Crippen molar-refractivity contribution in [3.05, 3.63) is 21.6 Å². The fourth-order valence-corrected chi connectivity index (χ4v) is 2.72. The lowest BCUT2D eigenvalue weighted by atomic mass is 10.2. The zero-order valence-electron chi connectivity index (χ0n) is 8.93. The first-order valence-electron chi connectivity index (χ1n) is 5.08. The molecule has 16 heavy (non-hydrogen) atoms. The topological polar surface area (TPSA) is 30.5 Å². The van der Waals surface area contributed by atoms with Crippen LogP contribution in [0.3, 0.4) is 0 Å². The van der Waals surface area contributed by atoms with E-state index >= 15 is 0 Å². The van der Waals surface area contributed by atoms with Gasteiger partial charge in [-0.2, -0.15) is 0 Å². The van der Waals surface area contributed by atoms with Crippen molar-refractivity contribution in [1.82, 2.24) is 0 Å². The molecular weight excluding hydrogens is 293 g/mol. The van der Waals surface area contributed by atoms with Gasteiger partial charge in [-0.1, -0.05) is 11.6 Å². The van der Waals surface area contributed by atoms with Crippen molar-refractivity contribution in [3.8, 4) is 5.75 Å². The van der Waals surface area contributed by atoms with E-state index in [4.69, 9.17) is 21.1 Å². The van der Waals surface area contributed by atoms with Crippen molar-refractivity contribution in [2.24, 2.45) is 0 Å². The Bertz CT molecular complexity index is 380. The molecule has 0 aliphatic carbocycles. The van der Waals surface area contributed by atoms with Gasteiger partial charge in [0, 0.05) is 11.6 Å². The minimum Gasteiger partial charge on any atom is -0.493 e. The molecule has 0 saturated carbocycles. The van der Waals surface area contributed by atoms with Gasteiger partial charge in [0.1, 0.15) is 0 Å². The third-order valence-electron chi connectivity index (χ3n) is 2.50. The molecule has 0 radical (unpaired) electrons. The first-order valence-corrected chi connectivity index (χ1v) is 6.25. The highest BCUT2D eigenvalue weighted by Gasteiger charge is 2.18. The zero-order valence-corrected chi connectivity index (χ0v) is 11.3. The molecule has 5 heteroatoms. The number of hydrogen-bond donors (Lipinski definition) is 1. The van der Waals surface area contributed by atoms with E-state index in [0.717, 1.165) is 35.5 Å². The van der Waals surface area contributed by atoms with Gasteiger partial charge in [-0.05, 0) is 34.5 Å². The number of nitrogens with one attached hydrogen (secondary N) is 1. The van der Waals surface area contributed by atoms with Gasteiger partial charge in [0.15, 0.2) is 5.75 Å². The van der Waals surface area contributed by atoms with E-state index in [0.29, 0.717) is 11.1 Å². The Morgan fingerprint density at radius 3 is 3.00 bits per heavy atom. The average Bonchev–Trinajstić information content (AvgIpc) is 2.70. The molecule has 0 aromatic heterocycles. The lowest BCUT2D eigenvalue weighted by Crippen LogP contribution is -2.19. The summed E-state index contributed by atoms with van der Waals surface area (Å²) >= 11 is 9.43. The lowest BCUT2D eigenvalue weighted by molar-refractivity contribution is 0.195. The maximum atomic E-state index is 6.01. The number of benzene rings is 1. The van der Waals surface area contributed by atoms with E-state index in [9.17, 15) is 0 Å². The Balaban J connectivity index is 2.23. The summed E-state index contributed by atoms with van der Waals surface area (Å²) in [6.07, 6.45) is 1.01. The molecule has 1 aromatic rings. The predicted octanol–water partition coefficient (Wildman–Crippen LogP) is 3.31. The summed E-state index contributed by atoms with van der Waals surface area (Å²) in [5.74, 6) is 0.774. The quantitative estimate of drug-likeness (QED) is 0.929. The minimum atomic E-state index is 0.333. The van der Waals surface area contributed by atoms with E-state index in [-0.39, 0.29) is 0 Å². The molecule has 1 atom stereocenters. The molecule has 0 bridgehead atoms. The smallest absolute Gasteiger partial charge is 0.156 e. The van der Waals surface area contributed by atoms with E-state index < -0.39 is 0 Å². The summed E-state index contributed by atoms with van der Waals surface area (Å²) in [4.78, 5) is 0. The third-order valence-corrected chi connectivity index (χ3v) is 3.31. The molecule has 88 valence electrons. The van der Waals surface area contributed by atoms with E-state index in [1.807, 2.05) is 12.1 Å². The molecule has 1 aromatic carbocycles. The van der Waals surface area contributed by atoms with Crippen LogP contribution >= 0.6 is 27.5 Å². The number of ether oxygens (including phenoxy) is 2. The summed E-state index contributed by atoms with van der Waals surface area (Å²) < 4.78 is 11.5. The van der Waals surface area contributed by atoms with Crippen molar-refractivity contribution in [2.45, 2.75) is 12.5 Å². The molecule has 1 fully saturated rings. The predicted molar refractivity (Wildman–Crippen MR) is 68.6 cm³/mol. The highest BCUT2D eigenvalue weighted by molar-refractivity contribution is 9.10. The van der Waals surface area contributed by atoms with Gasteiger partial charge in [-0.25, -0.2) is 0 Å². The number of halogens is 2. The first kappa shape index (κ1) is 12.0. The van der Waals surface area contributed by atoms with Gasteiger partial charge in [0.05, 0.1) is 29.9 Å². The Labute approximate surface area is 108 Å². The zero-order chi connectivity index (χ0) is 11.5. The molecule has 1 heterocycles. The molecule has 0 amide bonds. The second-order valence-corrected chi connectivity index (χ2v) is 4.96. The van der Waals surface area contributed by atoms with Gasteiger partial charge in [-0.3, -0.25) is 0 Å². The Kier molecular flexibility index (Phi) is 3.95. The van der Waals surface area contributed by atoms with Crippen LogP contribution in [-0.4, -0.2) is 26.4 Å². The number of rotatable bonds is 3. The van der Waals surface area contributed by atoms with Crippen LogP contribution in [0, 0.1) is 0 Å². The summed E-state index contributed by atoms with van der Waals surface area (Å²) in [6, 6.07) is 4.01. The van der Waals surface area contributed by atoms with Crippen LogP contribution in [0.2, 0.25) is 5.02 Å². The maximum Gasteiger partial charge on any atom is 0.156 e. The van der Waals surface area contributed by atoms with E-state index in [2.05, 4.69) is 21.2 Å². The fraction of sp³-hybridized carbons (Fsp3) is 0.455. The van der Waals surface area contributed by atoms with Crippen LogP contribution in [0.5, 0.6) is 5.75 Å². The van der Waals surface area contributed by atoms with Crippen LogP contribution in [0.15, 0.2) is 16.6 Å². The molecule has 1 saturated heterocycles. The van der Waals surface area contributed by atoms with Crippen molar-refractivity contribution in [2.75, 3.05) is 25.6 Å². The molecular formula is C11H13BrClNO2. The molecule has 0 spiro atoms. The Morgan fingerprint density at radius 2 is 2.38 bits per heavy atom. The molecule has 2 rings (SSSR count). The third kappa shape index (κ3) is 2.62. The fourth-order valence-electron chi connectivity index (χ4n) is 1.74.